The van der Waals surface area contributed by atoms with Gasteiger partial charge in [-0.05, 0) is 44.6 Å². The summed E-state index contributed by atoms with van der Waals surface area (Å²) >= 11 is 0. The van der Waals surface area contributed by atoms with E-state index in [1.54, 1.807) is 51.1 Å². The van der Waals surface area contributed by atoms with Crippen LogP contribution in [0.25, 0.3) is 0 Å². The molecular formula is C35H50N6O10. The molecule has 5 N–H and O–H groups in total. The monoisotopic (exact) mass is 714 g/mol. The van der Waals surface area contributed by atoms with E-state index >= 15 is 0 Å². The quantitative estimate of drug-likeness (QED) is 0.0441. The Kier molecular flexibility index (Phi) is 16.4. The normalized spacial score (nSPS) is 13.5. The number of imide groups is 1. The van der Waals surface area contributed by atoms with Crippen LogP contribution in [0.5, 0.6) is 0 Å². The predicted molar refractivity (Wildman–Crippen MR) is 183 cm³/mol. The molecule has 1 aromatic rings. The van der Waals surface area contributed by atoms with Crippen LogP contribution in [-0.4, -0.2) is 91.2 Å². The summed E-state index contributed by atoms with van der Waals surface area (Å²) < 4.78 is 0. The van der Waals surface area contributed by atoms with E-state index in [1.165, 1.54) is 11.0 Å². The van der Waals surface area contributed by atoms with E-state index in [9.17, 15) is 38.4 Å². The molecule has 1 atom stereocenters. The van der Waals surface area contributed by atoms with Gasteiger partial charge in [-0.2, -0.15) is 4.89 Å². The lowest BCUT2D eigenvalue weighted by atomic mass is 9.86. The zero-order valence-corrected chi connectivity index (χ0v) is 30.1. The number of carbonyl (C=O) groups is 8. The molecule has 0 spiro atoms. The standard InChI is InChI=1S/C35H50N6O10/c1-34(2,3)24-18-30(46)41(32(24)48)16-12-8-11-15-26(42)36-19-27(43)37-21-29(45)40-25(17-23-13-9-7-10-14-23)31(47)38-20-28(44)39-22-50-51-33(49)35(4,5)6/h7,9-10,13-14,18,25H,8,11-12,15-17,19-22H2,1-6H3,(H,36,42)(H,37,43)(H,38,47)(H,39,44)(H,40,45)/t25-/m0/s1. The van der Waals surface area contributed by atoms with E-state index < -0.39 is 66.3 Å². The van der Waals surface area contributed by atoms with Crippen molar-refractivity contribution in [2.45, 2.75) is 79.7 Å². The van der Waals surface area contributed by atoms with E-state index in [0.29, 0.717) is 24.8 Å². The molecule has 1 aromatic carbocycles. The Bertz CT molecular complexity index is 1460. The van der Waals surface area contributed by atoms with Crippen molar-refractivity contribution in [3.8, 4) is 0 Å². The van der Waals surface area contributed by atoms with Gasteiger partial charge in [0.1, 0.15) is 6.04 Å². The van der Waals surface area contributed by atoms with Crippen molar-refractivity contribution < 1.29 is 48.1 Å². The second kappa shape index (κ2) is 19.9. The van der Waals surface area contributed by atoms with Gasteiger partial charge in [-0.15, -0.1) is 0 Å². The molecule has 0 aliphatic carbocycles. The van der Waals surface area contributed by atoms with Crippen molar-refractivity contribution >= 4 is 47.3 Å². The first-order chi connectivity index (χ1) is 23.9. The smallest absolute Gasteiger partial charge is 0.347 e. The van der Waals surface area contributed by atoms with Crippen molar-refractivity contribution in [3.63, 3.8) is 0 Å². The lowest BCUT2D eigenvalue weighted by Gasteiger charge is -2.21. The SMILES string of the molecule is CC(C)(C)C(=O)OOCNC(=O)CNC(=O)[C@H](Cc1ccccc1)NC(=O)CNC(=O)CNC(=O)CCCCCN1C(=O)C=C(C(C)(C)C)C1=O. The molecule has 0 fully saturated rings. The van der Waals surface area contributed by atoms with Crippen LogP contribution in [0.3, 0.4) is 0 Å². The predicted octanol–water partition coefficient (Wildman–Crippen LogP) is 0.559. The van der Waals surface area contributed by atoms with Crippen LogP contribution < -0.4 is 26.6 Å². The highest BCUT2D eigenvalue weighted by molar-refractivity contribution is 6.16. The zero-order chi connectivity index (χ0) is 38.2. The average molecular weight is 715 g/mol. The van der Waals surface area contributed by atoms with Gasteiger partial charge < -0.3 is 26.6 Å². The minimum absolute atomic E-state index is 0.0927. The van der Waals surface area contributed by atoms with Crippen LogP contribution >= 0.6 is 0 Å². The Morgan fingerprint density at radius 2 is 1.35 bits per heavy atom. The number of unbranched alkanes of at least 4 members (excludes halogenated alkanes) is 2. The number of nitrogens with one attached hydrogen (secondary N) is 5. The maximum Gasteiger partial charge on any atom is 0.347 e. The van der Waals surface area contributed by atoms with Crippen LogP contribution in [0.15, 0.2) is 42.0 Å². The molecule has 0 radical (unpaired) electrons. The number of benzene rings is 1. The Balaban J connectivity index is 1.70. The molecule has 0 saturated carbocycles. The van der Waals surface area contributed by atoms with Gasteiger partial charge in [0.15, 0.2) is 6.73 Å². The molecule has 1 aliphatic heterocycles. The molecule has 0 saturated heterocycles. The van der Waals surface area contributed by atoms with Crippen LogP contribution in [0.1, 0.15) is 72.8 Å². The second-order valence-electron chi connectivity index (χ2n) is 14.0. The minimum Gasteiger partial charge on any atom is -0.347 e. The first-order valence-corrected chi connectivity index (χ1v) is 16.7. The number of carbonyl (C=O) groups excluding carboxylic acids is 8. The molecule has 0 aromatic heterocycles. The molecule has 16 heteroatoms. The first-order valence-electron chi connectivity index (χ1n) is 16.7. The van der Waals surface area contributed by atoms with E-state index in [0.717, 1.165) is 5.56 Å². The van der Waals surface area contributed by atoms with Crippen LogP contribution in [-0.2, 0) is 54.6 Å². The summed E-state index contributed by atoms with van der Waals surface area (Å²) in [5, 5.41) is 12.2. The Labute approximate surface area is 297 Å². The molecule has 16 nitrogen and oxygen atoms in total. The fourth-order valence-corrected chi connectivity index (χ4v) is 4.47. The number of amides is 7. The average Bonchev–Trinajstić information content (AvgIpc) is 3.35. The van der Waals surface area contributed by atoms with Gasteiger partial charge in [-0.25, -0.2) is 4.79 Å². The van der Waals surface area contributed by atoms with Crippen LogP contribution in [0.4, 0.5) is 0 Å². The summed E-state index contributed by atoms with van der Waals surface area (Å²) in [6.45, 7) is 9.02. The van der Waals surface area contributed by atoms with E-state index in [2.05, 4.69) is 36.4 Å². The highest BCUT2D eigenvalue weighted by Crippen LogP contribution is 2.30. The Morgan fingerprint density at radius 1 is 0.745 bits per heavy atom. The van der Waals surface area contributed by atoms with Crippen molar-refractivity contribution in [1.82, 2.24) is 31.5 Å². The lowest BCUT2D eigenvalue weighted by molar-refractivity contribution is -0.282. The summed E-state index contributed by atoms with van der Waals surface area (Å²) in [4.78, 5) is 109. The molecule has 1 heterocycles. The number of rotatable bonds is 19. The van der Waals surface area contributed by atoms with Crippen molar-refractivity contribution in [2.75, 3.05) is 32.9 Å². The summed E-state index contributed by atoms with van der Waals surface area (Å²) in [5.41, 5.74) is -0.0190. The summed E-state index contributed by atoms with van der Waals surface area (Å²) in [6.07, 6.45) is 3.21. The van der Waals surface area contributed by atoms with Crippen molar-refractivity contribution in [1.29, 1.82) is 0 Å². The number of hydrogen-bond donors (Lipinski definition) is 5. The maximum atomic E-state index is 12.9. The number of hydrogen-bond acceptors (Lipinski definition) is 10. The van der Waals surface area contributed by atoms with E-state index in [4.69, 9.17) is 0 Å². The Morgan fingerprint density at radius 3 is 1.98 bits per heavy atom. The van der Waals surface area contributed by atoms with Gasteiger partial charge in [0.25, 0.3) is 11.8 Å². The van der Waals surface area contributed by atoms with Gasteiger partial charge in [0, 0.05) is 31.0 Å². The maximum absolute atomic E-state index is 12.9. The summed E-state index contributed by atoms with van der Waals surface area (Å²) in [5.74, 6) is -4.22. The van der Waals surface area contributed by atoms with Gasteiger partial charge in [-0.3, -0.25) is 43.3 Å². The highest BCUT2D eigenvalue weighted by atomic mass is 17.2. The Hall–Kier alpha value is -5.12. The third-order valence-corrected chi connectivity index (χ3v) is 7.43. The largest absolute Gasteiger partial charge is 0.347 e. The van der Waals surface area contributed by atoms with Crippen molar-refractivity contribution in [2.24, 2.45) is 10.8 Å². The van der Waals surface area contributed by atoms with E-state index in [-0.39, 0.29) is 43.7 Å². The lowest BCUT2D eigenvalue weighted by Crippen LogP contribution is -2.52. The minimum atomic E-state index is -1.09. The summed E-state index contributed by atoms with van der Waals surface area (Å²) in [7, 11) is 0. The highest BCUT2D eigenvalue weighted by Gasteiger charge is 2.36. The first kappa shape index (κ1) is 42.0. The van der Waals surface area contributed by atoms with Gasteiger partial charge in [0.05, 0.1) is 25.0 Å². The van der Waals surface area contributed by atoms with E-state index in [1.807, 2.05) is 20.8 Å². The molecule has 2 rings (SSSR count). The van der Waals surface area contributed by atoms with Gasteiger partial charge in [-0.1, -0.05) is 57.5 Å². The fraction of sp³-hybridized carbons (Fsp3) is 0.543. The summed E-state index contributed by atoms with van der Waals surface area (Å²) in [6, 6.07) is 7.74. The molecule has 7 amide bonds. The topological polar surface area (TPSA) is 218 Å². The molecule has 0 bridgehead atoms. The third kappa shape index (κ3) is 15.5. The molecule has 0 unspecified atom stereocenters. The van der Waals surface area contributed by atoms with Crippen LogP contribution in [0.2, 0.25) is 0 Å². The fourth-order valence-electron chi connectivity index (χ4n) is 4.47. The molecule has 1 aliphatic rings. The zero-order valence-electron chi connectivity index (χ0n) is 30.1. The van der Waals surface area contributed by atoms with Crippen molar-refractivity contribution in [3.05, 3.63) is 47.5 Å². The molecule has 280 valence electrons. The molecule has 51 heavy (non-hydrogen) atoms. The molecular weight excluding hydrogens is 664 g/mol. The van der Waals surface area contributed by atoms with Gasteiger partial charge in [0.2, 0.25) is 29.5 Å². The third-order valence-electron chi connectivity index (χ3n) is 7.43. The number of nitrogens with zero attached hydrogens (tertiary/aromatic N) is 1. The van der Waals surface area contributed by atoms with Crippen LogP contribution in [0, 0.1) is 10.8 Å². The second-order valence-corrected chi connectivity index (χ2v) is 14.0. The van der Waals surface area contributed by atoms with Gasteiger partial charge >= 0.3 is 5.97 Å².